The Morgan fingerprint density at radius 2 is 1.89 bits per heavy atom. The number of halogens is 1. The van der Waals surface area contributed by atoms with Crippen molar-refractivity contribution in [2.75, 3.05) is 5.32 Å². The number of fused-ring (bicyclic) bond motifs is 1. The van der Waals surface area contributed by atoms with Crippen LogP contribution in [0.5, 0.6) is 0 Å². The lowest BCUT2D eigenvalue weighted by atomic mass is 10.1. The van der Waals surface area contributed by atoms with Gasteiger partial charge in [0, 0.05) is 24.2 Å². The van der Waals surface area contributed by atoms with E-state index in [1.54, 1.807) is 24.7 Å². The number of nitrogens with zero attached hydrogens (tertiary/aromatic N) is 3. The van der Waals surface area contributed by atoms with E-state index in [4.69, 9.17) is 0 Å². The highest BCUT2D eigenvalue weighted by Gasteiger charge is 2.08. The van der Waals surface area contributed by atoms with Gasteiger partial charge in [0.1, 0.15) is 11.6 Å². The number of carbonyl (C=O) groups is 1. The van der Waals surface area contributed by atoms with E-state index in [1.165, 1.54) is 12.1 Å². The first-order valence-electron chi connectivity index (χ1n) is 8.49. The first kappa shape index (κ1) is 16.9. The topological polar surface area (TPSA) is 59.8 Å². The summed E-state index contributed by atoms with van der Waals surface area (Å²) < 4.78 is 14.9. The fourth-order valence-electron chi connectivity index (χ4n) is 2.98. The molecular formula is C21H17FN4O. The lowest BCUT2D eigenvalue weighted by Gasteiger charge is -2.08. The molecular weight excluding hydrogens is 343 g/mol. The van der Waals surface area contributed by atoms with E-state index in [-0.39, 0.29) is 18.1 Å². The van der Waals surface area contributed by atoms with Crippen molar-refractivity contribution < 1.29 is 9.18 Å². The van der Waals surface area contributed by atoms with Crippen molar-refractivity contribution in [3.8, 4) is 11.3 Å². The van der Waals surface area contributed by atoms with Crippen molar-refractivity contribution in [1.82, 2.24) is 14.5 Å². The van der Waals surface area contributed by atoms with Crippen LogP contribution in [-0.4, -0.2) is 20.4 Å². The van der Waals surface area contributed by atoms with Crippen LogP contribution in [0.4, 0.5) is 10.2 Å². The van der Waals surface area contributed by atoms with E-state index >= 15 is 0 Å². The van der Waals surface area contributed by atoms with E-state index < -0.39 is 0 Å². The van der Waals surface area contributed by atoms with E-state index in [0.717, 1.165) is 27.6 Å². The molecule has 5 nitrogen and oxygen atoms in total. The molecule has 0 saturated heterocycles. The Hall–Kier alpha value is -3.54. The molecule has 2 heterocycles. The number of imidazole rings is 1. The second-order valence-electron chi connectivity index (χ2n) is 6.37. The van der Waals surface area contributed by atoms with Crippen LogP contribution in [0.1, 0.15) is 5.56 Å². The molecule has 1 amide bonds. The van der Waals surface area contributed by atoms with E-state index in [0.29, 0.717) is 5.82 Å². The number of aryl methyl sites for hydroxylation is 1. The number of aromatic nitrogens is 3. The number of hydrogen-bond acceptors (Lipinski definition) is 3. The minimum absolute atomic E-state index is 0.162. The molecule has 0 unspecified atom stereocenters. The normalized spacial score (nSPS) is 10.9. The second-order valence-corrected chi connectivity index (χ2v) is 6.37. The quantitative estimate of drug-likeness (QED) is 0.599. The number of hydrogen-bond donors (Lipinski definition) is 1. The minimum Gasteiger partial charge on any atom is -0.334 e. The molecule has 0 bridgehead atoms. The van der Waals surface area contributed by atoms with Gasteiger partial charge in [-0.25, -0.2) is 14.4 Å². The lowest BCUT2D eigenvalue weighted by Crippen LogP contribution is -2.15. The summed E-state index contributed by atoms with van der Waals surface area (Å²) in [4.78, 5) is 20.7. The van der Waals surface area contributed by atoms with Crippen LogP contribution in [0.25, 0.3) is 22.0 Å². The highest BCUT2D eigenvalue weighted by molar-refractivity contribution is 5.94. The maximum Gasteiger partial charge on any atom is 0.229 e. The molecule has 0 spiro atoms. The Bertz CT molecular complexity index is 1120. The SMILES string of the molecule is Cn1cncc1-c1ccc2cnc(NC(=O)Cc3ccc(F)cc3)cc2c1. The zero-order valence-corrected chi connectivity index (χ0v) is 14.7. The number of benzene rings is 2. The van der Waals surface area contributed by atoms with Crippen molar-refractivity contribution in [1.29, 1.82) is 0 Å². The molecule has 1 N–H and O–H groups in total. The van der Waals surface area contributed by atoms with Crippen LogP contribution in [0.15, 0.2) is 67.3 Å². The molecule has 0 aliphatic heterocycles. The van der Waals surface area contributed by atoms with Gasteiger partial charge >= 0.3 is 0 Å². The first-order valence-corrected chi connectivity index (χ1v) is 8.49. The summed E-state index contributed by atoms with van der Waals surface area (Å²) in [5.41, 5.74) is 2.79. The minimum atomic E-state index is -0.320. The maximum absolute atomic E-state index is 13.0. The van der Waals surface area contributed by atoms with Gasteiger partial charge in [0.15, 0.2) is 0 Å². The van der Waals surface area contributed by atoms with Gasteiger partial charge in [0.2, 0.25) is 5.91 Å². The summed E-state index contributed by atoms with van der Waals surface area (Å²) in [6.45, 7) is 0. The fourth-order valence-corrected chi connectivity index (χ4v) is 2.98. The van der Waals surface area contributed by atoms with E-state index in [2.05, 4.69) is 15.3 Å². The third kappa shape index (κ3) is 3.69. The van der Waals surface area contributed by atoms with Crippen LogP contribution in [0, 0.1) is 5.82 Å². The zero-order valence-electron chi connectivity index (χ0n) is 14.7. The van der Waals surface area contributed by atoms with Crippen LogP contribution in [0.3, 0.4) is 0 Å². The molecule has 4 aromatic rings. The smallest absolute Gasteiger partial charge is 0.229 e. The number of anilines is 1. The molecule has 0 atom stereocenters. The summed E-state index contributed by atoms with van der Waals surface area (Å²) in [5.74, 6) is -0.0346. The molecule has 134 valence electrons. The number of rotatable bonds is 4. The largest absolute Gasteiger partial charge is 0.334 e. The van der Waals surface area contributed by atoms with Gasteiger partial charge in [-0.05, 0) is 35.2 Å². The van der Waals surface area contributed by atoms with Gasteiger partial charge in [0.05, 0.1) is 24.6 Å². The first-order chi connectivity index (χ1) is 13.1. The number of carbonyl (C=O) groups excluding carboxylic acids is 1. The summed E-state index contributed by atoms with van der Waals surface area (Å²) in [7, 11) is 1.94. The molecule has 0 radical (unpaired) electrons. The summed E-state index contributed by atoms with van der Waals surface area (Å²) in [5, 5.41) is 4.76. The van der Waals surface area contributed by atoms with Crippen LogP contribution in [0.2, 0.25) is 0 Å². The highest BCUT2D eigenvalue weighted by Crippen LogP contribution is 2.25. The summed E-state index contributed by atoms with van der Waals surface area (Å²) in [6.07, 6.45) is 5.46. The highest BCUT2D eigenvalue weighted by atomic mass is 19.1. The van der Waals surface area contributed by atoms with E-state index in [9.17, 15) is 9.18 Å². The average molecular weight is 360 g/mol. The van der Waals surface area contributed by atoms with Gasteiger partial charge < -0.3 is 9.88 Å². The third-order valence-corrected chi connectivity index (χ3v) is 4.38. The van der Waals surface area contributed by atoms with E-state index in [1.807, 2.05) is 42.1 Å². The van der Waals surface area contributed by atoms with Crippen molar-refractivity contribution in [2.24, 2.45) is 7.05 Å². The lowest BCUT2D eigenvalue weighted by molar-refractivity contribution is -0.115. The van der Waals surface area contributed by atoms with Gasteiger partial charge in [-0.1, -0.05) is 24.3 Å². The summed E-state index contributed by atoms with van der Waals surface area (Å²) >= 11 is 0. The molecule has 4 rings (SSSR count). The Labute approximate surface area is 155 Å². The van der Waals surface area contributed by atoms with Gasteiger partial charge in [0.25, 0.3) is 0 Å². The van der Waals surface area contributed by atoms with Crippen molar-refractivity contribution >= 4 is 22.5 Å². The maximum atomic E-state index is 13.0. The number of pyridine rings is 1. The van der Waals surface area contributed by atoms with Crippen LogP contribution >= 0.6 is 0 Å². The molecule has 0 saturated carbocycles. The van der Waals surface area contributed by atoms with Crippen molar-refractivity contribution in [3.05, 3.63) is 78.6 Å². The molecule has 2 aromatic carbocycles. The molecule has 27 heavy (non-hydrogen) atoms. The fraction of sp³-hybridized carbons (Fsp3) is 0.0952. The number of nitrogens with one attached hydrogen (secondary N) is 1. The Morgan fingerprint density at radius 1 is 1.07 bits per heavy atom. The van der Waals surface area contributed by atoms with Crippen LogP contribution in [-0.2, 0) is 18.3 Å². The van der Waals surface area contributed by atoms with Gasteiger partial charge in [-0.15, -0.1) is 0 Å². The molecule has 0 aliphatic carbocycles. The predicted molar refractivity (Wildman–Crippen MR) is 103 cm³/mol. The monoisotopic (exact) mass is 360 g/mol. The summed E-state index contributed by atoms with van der Waals surface area (Å²) in [6, 6.07) is 13.8. The average Bonchev–Trinajstić information content (AvgIpc) is 3.09. The molecule has 6 heteroatoms. The standard InChI is InChI=1S/C21H17FN4O/c1-26-13-23-12-19(26)15-4-5-16-11-24-20(10-17(16)9-15)25-21(27)8-14-2-6-18(22)7-3-14/h2-7,9-13H,8H2,1H3,(H,24,25,27). The number of amides is 1. The predicted octanol–water partition coefficient (Wildman–Crippen LogP) is 3.96. The zero-order chi connectivity index (χ0) is 18.8. The van der Waals surface area contributed by atoms with Gasteiger partial charge in [-0.2, -0.15) is 0 Å². The van der Waals surface area contributed by atoms with Crippen LogP contribution < -0.4 is 5.32 Å². The van der Waals surface area contributed by atoms with Crippen molar-refractivity contribution in [2.45, 2.75) is 6.42 Å². The molecule has 0 fully saturated rings. The Balaban J connectivity index is 1.56. The second kappa shape index (κ2) is 6.99. The third-order valence-electron chi connectivity index (χ3n) is 4.38. The molecule has 2 aromatic heterocycles. The van der Waals surface area contributed by atoms with Crippen molar-refractivity contribution in [3.63, 3.8) is 0 Å². The Kier molecular flexibility index (Phi) is 4.38. The Morgan fingerprint density at radius 3 is 2.63 bits per heavy atom. The van der Waals surface area contributed by atoms with Gasteiger partial charge in [-0.3, -0.25) is 4.79 Å². The molecule has 0 aliphatic rings.